The van der Waals surface area contributed by atoms with Gasteiger partial charge in [-0.3, -0.25) is 4.98 Å². The Bertz CT molecular complexity index is 701. The number of hydrogen-bond donors (Lipinski definition) is 1. The number of hydrogen-bond acceptors (Lipinski definition) is 8. The zero-order chi connectivity index (χ0) is 18.4. The van der Waals surface area contributed by atoms with E-state index in [0.29, 0.717) is 50.9 Å². The van der Waals surface area contributed by atoms with E-state index in [0.717, 1.165) is 5.82 Å². The number of nitrogens with zero attached hydrogens (tertiary/aromatic N) is 6. The summed E-state index contributed by atoms with van der Waals surface area (Å²) < 4.78 is 10.2. The van der Waals surface area contributed by atoms with Crippen molar-refractivity contribution in [1.82, 2.24) is 30.3 Å². The minimum absolute atomic E-state index is 0.145. The molecular weight excluding hydrogens is 338 g/mol. The maximum atomic E-state index is 12.5. The van der Waals surface area contributed by atoms with Gasteiger partial charge < -0.3 is 24.4 Å². The predicted molar refractivity (Wildman–Crippen MR) is 92.6 cm³/mol. The third kappa shape index (κ3) is 4.45. The van der Waals surface area contributed by atoms with Crippen molar-refractivity contribution in [2.45, 2.75) is 19.4 Å². The van der Waals surface area contributed by atoms with E-state index in [1.165, 1.54) is 0 Å². The SMILES string of the molecule is COCCc1noc([C@H](C)NC(=O)N2CCN(c3cnccn3)CC2)n1. The number of carbonyl (C=O) groups excluding carboxylic acids is 1. The Balaban J connectivity index is 1.48. The van der Waals surface area contributed by atoms with E-state index in [9.17, 15) is 4.79 Å². The van der Waals surface area contributed by atoms with Gasteiger partial charge in [0.15, 0.2) is 5.82 Å². The highest BCUT2D eigenvalue weighted by Gasteiger charge is 2.24. The number of ether oxygens (including phenoxy) is 1. The van der Waals surface area contributed by atoms with Gasteiger partial charge in [-0.1, -0.05) is 5.16 Å². The predicted octanol–water partition coefficient (Wildman–Crippen LogP) is 0.641. The molecule has 3 rings (SSSR count). The van der Waals surface area contributed by atoms with Crippen LogP contribution in [0.2, 0.25) is 0 Å². The lowest BCUT2D eigenvalue weighted by molar-refractivity contribution is 0.188. The van der Waals surface area contributed by atoms with Crippen LogP contribution in [0, 0.1) is 0 Å². The van der Waals surface area contributed by atoms with Crippen LogP contribution in [0.1, 0.15) is 24.7 Å². The van der Waals surface area contributed by atoms with Crippen molar-refractivity contribution in [1.29, 1.82) is 0 Å². The third-order valence-corrected chi connectivity index (χ3v) is 4.16. The van der Waals surface area contributed by atoms with E-state index >= 15 is 0 Å². The lowest BCUT2D eigenvalue weighted by atomic mass is 10.3. The number of nitrogens with one attached hydrogen (secondary N) is 1. The summed E-state index contributed by atoms with van der Waals surface area (Å²) in [6.07, 6.45) is 5.62. The first-order valence-corrected chi connectivity index (χ1v) is 8.55. The van der Waals surface area contributed by atoms with E-state index in [1.807, 2.05) is 6.92 Å². The van der Waals surface area contributed by atoms with Gasteiger partial charge in [0.2, 0.25) is 5.89 Å². The van der Waals surface area contributed by atoms with Crippen molar-refractivity contribution in [3.63, 3.8) is 0 Å². The van der Waals surface area contributed by atoms with Gasteiger partial charge in [-0.15, -0.1) is 0 Å². The molecule has 1 fully saturated rings. The molecule has 10 heteroatoms. The van der Waals surface area contributed by atoms with Gasteiger partial charge in [-0.25, -0.2) is 9.78 Å². The number of rotatable bonds is 6. The average molecular weight is 361 g/mol. The normalized spacial score (nSPS) is 15.8. The summed E-state index contributed by atoms with van der Waals surface area (Å²) in [5, 5.41) is 6.79. The van der Waals surface area contributed by atoms with E-state index in [4.69, 9.17) is 9.26 Å². The Morgan fingerprint density at radius 1 is 1.35 bits per heavy atom. The van der Waals surface area contributed by atoms with Crippen molar-refractivity contribution in [3.8, 4) is 0 Å². The molecule has 1 saturated heterocycles. The fourth-order valence-electron chi connectivity index (χ4n) is 2.67. The summed E-state index contributed by atoms with van der Waals surface area (Å²) in [5.41, 5.74) is 0. The van der Waals surface area contributed by atoms with Crippen LogP contribution in [0.3, 0.4) is 0 Å². The molecule has 10 nitrogen and oxygen atoms in total. The molecule has 0 saturated carbocycles. The summed E-state index contributed by atoms with van der Waals surface area (Å²) in [4.78, 5) is 29.0. The number of piperazine rings is 1. The van der Waals surface area contributed by atoms with Crippen LogP contribution in [0.5, 0.6) is 0 Å². The van der Waals surface area contributed by atoms with Gasteiger partial charge >= 0.3 is 6.03 Å². The molecule has 0 bridgehead atoms. The van der Waals surface area contributed by atoms with Crippen LogP contribution in [0.25, 0.3) is 0 Å². The van der Waals surface area contributed by atoms with Gasteiger partial charge in [0.05, 0.1) is 12.8 Å². The van der Waals surface area contributed by atoms with Crippen LogP contribution >= 0.6 is 0 Å². The number of urea groups is 1. The van der Waals surface area contributed by atoms with Gasteiger partial charge in [-0.2, -0.15) is 4.98 Å². The Hall–Kier alpha value is -2.75. The van der Waals surface area contributed by atoms with Gasteiger partial charge in [0.25, 0.3) is 0 Å². The summed E-state index contributed by atoms with van der Waals surface area (Å²) in [6.45, 7) is 4.98. The Kier molecular flexibility index (Phi) is 5.95. The van der Waals surface area contributed by atoms with Crippen LogP contribution in [-0.4, -0.2) is 70.9 Å². The first-order chi connectivity index (χ1) is 12.7. The molecule has 1 atom stereocenters. The van der Waals surface area contributed by atoms with Gasteiger partial charge in [0.1, 0.15) is 11.9 Å². The Morgan fingerprint density at radius 3 is 2.85 bits per heavy atom. The second-order valence-corrected chi connectivity index (χ2v) is 6.00. The maximum absolute atomic E-state index is 12.5. The Labute approximate surface area is 151 Å². The van der Waals surface area contributed by atoms with E-state index in [-0.39, 0.29) is 12.1 Å². The number of anilines is 1. The fourth-order valence-corrected chi connectivity index (χ4v) is 2.67. The molecule has 1 aliphatic rings. The second-order valence-electron chi connectivity index (χ2n) is 6.00. The quantitative estimate of drug-likeness (QED) is 0.798. The fraction of sp³-hybridized carbons (Fsp3) is 0.562. The van der Waals surface area contributed by atoms with Crippen LogP contribution in [-0.2, 0) is 11.2 Å². The molecule has 1 aliphatic heterocycles. The highest BCUT2D eigenvalue weighted by atomic mass is 16.5. The lowest BCUT2D eigenvalue weighted by Gasteiger charge is -2.35. The topological polar surface area (TPSA) is 110 Å². The zero-order valence-corrected chi connectivity index (χ0v) is 15.0. The average Bonchev–Trinajstić information content (AvgIpc) is 3.16. The number of carbonyl (C=O) groups is 1. The largest absolute Gasteiger partial charge is 0.384 e. The summed E-state index contributed by atoms with van der Waals surface area (Å²) in [7, 11) is 1.62. The molecule has 140 valence electrons. The minimum atomic E-state index is -0.357. The molecule has 2 aromatic heterocycles. The molecule has 2 amide bonds. The summed E-state index contributed by atoms with van der Waals surface area (Å²) >= 11 is 0. The zero-order valence-electron chi connectivity index (χ0n) is 15.0. The second kappa shape index (κ2) is 8.56. The summed E-state index contributed by atoms with van der Waals surface area (Å²) in [6, 6.07) is -0.503. The molecule has 0 unspecified atom stereocenters. The standard InChI is InChI=1S/C16H23N7O3/c1-12(15-20-13(21-26-15)3-10-25-2)19-16(24)23-8-6-22(7-9-23)14-11-17-4-5-18-14/h4-5,11-12H,3,6-10H2,1-2H3,(H,19,24)/t12-/m0/s1. The van der Waals surface area contributed by atoms with Gasteiger partial charge in [-0.05, 0) is 6.92 Å². The lowest BCUT2D eigenvalue weighted by Crippen LogP contribution is -2.52. The van der Waals surface area contributed by atoms with E-state index in [2.05, 4.69) is 30.3 Å². The van der Waals surface area contributed by atoms with Crippen molar-refractivity contribution in [3.05, 3.63) is 30.3 Å². The number of amides is 2. The molecule has 3 heterocycles. The van der Waals surface area contributed by atoms with Crippen molar-refractivity contribution < 1.29 is 14.1 Å². The minimum Gasteiger partial charge on any atom is -0.384 e. The van der Waals surface area contributed by atoms with E-state index < -0.39 is 0 Å². The van der Waals surface area contributed by atoms with E-state index in [1.54, 1.807) is 30.6 Å². The molecule has 1 N–H and O–H groups in total. The van der Waals surface area contributed by atoms with Crippen LogP contribution in [0.4, 0.5) is 10.6 Å². The molecule has 0 spiro atoms. The number of methoxy groups -OCH3 is 1. The summed E-state index contributed by atoms with van der Waals surface area (Å²) in [5.74, 6) is 1.79. The molecule has 2 aromatic rings. The molecule has 26 heavy (non-hydrogen) atoms. The number of aromatic nitrogens is 4. The van der Waals surface area contributed by atoms with Gasteiger partial charge in [0, 0.05) is 52.1 Å². The smallest absolute Gasteiger partial charge is 0.318 e. The first kappa shape index (κ1) is 18.1. The first-order valence-electron chi connectivity index (χ1n) is 8.55. The molecule has 0 aliphatic carbocycles. The highest BCUT2D eigenvalue weighted by molar-refractivity contribution is 5.74. The van der Waals surface area contributed by atoms with Crippen LogP contribution < -0.4 is 10.2 Å². The van der Waals surface area contributed by atoms with Crippen molar-refractivity contribution >= 4 is 11.8 Å². The maximum Gasteiger partial charge on any atom is 0.318 e. The monoisotopic (exact) mass is 361 g/mol. The highest BCUT2D eigenvalue weighted by Crippen LogP contribution is 2.14. The van der Waals surface area contributed by atoms with Crippen molar-refractivity contribution in [2.75, 3.05) is 44.8 Å². The Morgan fingerprint density at radius 2 is 2.15 bits per heavy atom. The van der Waals surface area contributed by atoms with Crippen LogP contribution in [0.15, 0.2) is 23.1 Å². The van der Waals surface area contributed by atoms with Crippen molar-refractivity contribution in [2.24, 2.45) is 0 Å². The molecule has 0 radical (unpaired) electrons. The third-order valence-electron chi connectivity index (χ3n) is 4.16. The molecule has 0 aromatic carbocycles. The molecular formula is C16H23N7O3.